The monoisotopic (exact) mass is 282 g/mol. The normalized spacial score (nSPS) is 13.3. The van der Waals surface area contributed by atoms with E-state index in [0.29, 0.717) is 12.2 Å². The molecular weight excluding hydrogens is 268 g/mol. The molecule has 0 saturated heterocycles. The highest BCUT2D eigenvalue weighted by Crippen LogP contribution is 2.06. The van der Waals surface area contributed by atoms with Crippen LogP contribution >= 0.6 is 0 Å². The average Bonchev–Trinajstić information content (AvgIpc) is 2.91. The number of aromatic nitrogens is 5. The molecule has 0 fully saturated rings. The Hall–Kier alpha value is -1.87. The second kappa shape index (κ2) is 5.85. The van der Waals surface area contributed by atoms with E-state index < -0.39 is 16.1 Å². The van der Waals surface area contributed by atoms with Crippen molar-refractivity contribution < 1.29 is 8.42 Å². The second-order valence-corrected chi connectivity index (χ2v) is 5.87. The number of pyridine rings is 1. The first-order chi connectivity index (χ1) is 9.07. The first kappa shape index (κ1) is 13.6. The smallest absolute Gasteiger partial charge is 0.212 e. The quantitative estimate of drug-likeness (QED) is 0.759. The number of aromatic amines is 1. The Labute approximate surface area is 110 Å². The molecule has 2 rings (SSSR count). The van der Waals surface area contributed by atoms with Gasteiger partial charge in [0.1, 0.15) is 0 Å². The maximum atomic E-state index is 11.9. The lowest BCUT2D eigenvalue weighted by Gasteiger charge is -2.10. The topological polar surface area (TPSA) is 114 Å². The molecule has 0 spiro atoms. The second-order valence-electron chi connectivity index (χ2n) is 4.00. The number of H-pyrrole nitrogens is 1. The maximum absolute atomic E-state index is 11.9. The zero-order valence-electron chi connectivity index (χ0n) is 10.3. The van der Waals surface area contributed by atoms with E-state index >= 15 is 0 Å². The number of hydrogen-bond acceptors (Lipinski definition) is 6. The third kappa shape index (κ3) is 4.07. The van der Waals surface area contributed by atoms with Gasteiger partial charge in [-0.05, 0) is 19.1 Å². The fraction of sp³-hybridized carbons (Fsp3) is 0.400. The molecule has 8 nitrogen and oxygen atoms in total. The van der Waals surface area contributed by atoms with Crippen LogP contribution in [0.4, 0.5) is 0 Å². The molecule has 2 aromatic heterocycles. The first-order valence-electron chi connectivity index (χ1n) is 5.70. The van der Waals surface area contributed by atoms with Gasteiger partial charge in [0.15, 0.2) is 5.82 Å². The van der Waals surface area contributed by atoms with Crippen LogP contribution in [0.15, 0.2) is 24.4 Å². The highest BCUT2D eigenvalue weighted by atomic mass is 32.2. The zero-order valence-corrected chi connectivity index (χ0v) is 11.1. The largest absolute Gasteiger partial charge is 0.261 e. The van der Waals surface area contributed by atoms with Gasteiger partial charge in [-0.1, -0.05) is 11.3 Å². The molecule has 2 N–H and O–H groups in total. The third-order valence-corrected chi connectivity index (χ3v) is 3.91. The van der Waals surface area contributed by atoms with Crippen molar-refractivity contribution in [3.8, 4) is 0 Å². The van der Waals surface area contributed by atoms with E-state index in [2.05, 4.69) is 30.3 Å². The van der Waals surface area contributed by atoms with Crippen molar-refractivity contribution in [1.82, 2.24) is 30.3 Å². The molecule has 0 radical (unpaired) electrons. The van der Waals surface area contributed by atoms with Crippen LogP contribution in [0.2, 0.25) is 0 Å². The number of hydrogen-bond donors (Lipinski definition) is 2. The molecule has 0 bridgehead atoms. The molecule has 102 valence electrons. The predicted molar refractivity (Wildman–Crippen MR) is 67.5 cm³/mol. The summed E-state index contributed by atoms with van der Waals surface area (Å²) in [6.07, 6.45) is 1.99. The molecule has 1 atom stereocenters. The van der Waals surface area contributed by atoms with E-state index in [0.717, 1.165) is 5.69 Å². The Morgan fingerprint density at radius 1 is 1.42 bits per heavy atom. The van der Waals surface area contributed by atoms with Gasteiger partial charge in [0, 0.05) is 18.3 Å². The summed E-state index contributed by atoms with van der Waals surface area (Å²) in [4.78, 5) is 4.08. The van der Waals surface area contributed by atoms with Crippen LogP contribution < -0.4 is 4.72 Å². The highest BCUT2D eigenvalue weighted by Gasteiger charge is 2.18. The summed E-state index contributed by atoms with van der Waals surface area (Å²) in [5.74, 6) is 0.271. The molecule has 2 heterocycles. The molecule has 0 aliphatic heterocycles. The minimum Gasteiger partial charge on any atom is -0.261 e. The van der Waals surface area contributed by atoms with Crippen LogP contribution in [0.1, 0.15) is 24.5 Å². The summed E-state index contributed by atoms with van der Waals surface area (Å²) in [5, 5.41) is 13.1. The van der Waals surface area contributed by atoms with E-state index in [1.165, 1.54) is 0 Å². The Bertz CT molecular complexity index is 598. The van der Waals surface area contributed by atoms with Crippen molar-refractivity contribution in [3.63, 3.8) is 0 Å². The molecular formula is C10H14N6O2S. The van der Waals surface area contributed by atoms with Crippen LogP contribution in [0.25, 0.3) is 0 Å². The van der Waals surface area contributed by atoms with Gasteiger partial charge in [0.2, 0.25) is 10.0 Å². The summed E-state index contributed by atoms with van der Waals surface area (Å²) in [7, 11) is -3.42. The molecule has 9 heteroatoms. The lowest BCUT2D eigenvalue weighted by molar-refractivity contribution is 0.559. The average molecular weight is 282 g/mol. The Morgan fingerprint density at radius 3 is 2.89 bits per heavy atom. The lowest BCUT2D eigenvalue weighted by atomic mass is 10.3. The predicted octanol–water partition coefficient (Wildman–Crippen LogP) is -0.182. The maximum Gasteiger partial charge on any atom is 0.212 e. The van der Waals surface area contributed by atoms with Crippen LogP contribution in [-0.2, 0) is 16.4 Å². The summed E-state index contributed by atoms with van der Waals surface area (Å²) in [5.41, 5.74) is 0.736. The molecule has 19 heavy (non-hydrogen) atoms. The minimum atomic E-state index is -3.42. The summed E-state index contributed by atoms with van der Waals surface area (Å²) < 4.78 is 26.3. The van der Waals surface area contributed by atoms with E-state index in [-0.39, 0.29) is 5.75 Å². The van der Waals surface area contributed by atoms with Crippen LogP contribution in [0.5, 0.6) is 0 Å². The Kier molecular flexibility index (Phi) is 4.17. The first-order valence-corrected chi connectivity index (χ1v) is 7.35. The van der Waals surface area contributed by atoms with Crippen LogP contribution in [-0.4, -0.2) is 39.8 Å². The molecule has 0 aliphatic carbocycles. The SMILES string of the molecule is CC(NS(=O)(=O)CCc1ccccn1)c1nn[nH]n1. The Balaban J connectivity index is 1.92. The Morgan fingerprint density at radius 2 is 2.26 bits per heavy atom. The molecule has 0 amide bonds. The molecule has 0 aromatic carbocycles. The van der Waals surface area contributed by atoms with Crippen molar-refractivity contribution in [2.45, 2.75) is 19.4 Å². The van der Waals surface area contributed by atoms with Gasteiger partial charge in [0.05, 0.1) is 11.8 Å². The summed E-state index contributed by atoms with van der Waals surface area (Å²) >= 11 is 0. The van der Waals surface area contributed by atoms with Crippen molar-refractivity contribution in [3.05, 3.63) is 35.9 Å². The van der Waals surface area contributed by atoms with Crippen molar-refractivity contribution in [2.24, 2.45) is 0 Å². The van der Waals surface area contributed by atoms with Crippen LogP contribution in [0.3, 0.4) is 0 Å². The summed E-state index contributed by atoms with van der Waals surface area (Å²) in [6, 6.07) is 4.88. The van der Waals surface area contributed by atoms with Gasteiger partial charge in [-0.25, -0.2) is 13.1 Å². The summed E-state index contributed by atoms with van der Waals surface area (Å²) in [6.45, 7) is 1.66. The zero-order chi connectivity index (χ0) is 13.7. The van der Waals surface area contributed by atoms with Crippen molar-refractivity contribution >= 4 is 10.0 Å². The fourth-order valence-corrected chi connectivity index (χ4v) is 2.76. The van der Waals surface area contributed by atoms with E-state index in [4.69, 9.17) is 0 Å². The van der Waals surface area contributed by atoms with E-state index in [9.17, 15) is 8.42 Å². The van der Waals surface area contributed by atoms with Gasteiger partial charge in [-0.2, -0.15) is 5.21 Å². The van der Waals surface area contributed by atoms with Crippen molar-refractivity contribution in [1.29, 1.82) is 0 Å². The highest BCUT2D eigenvalue weighted by molar-refractivity contribution is 7.89. The number of nitrogens with one attached hydrogen (secondary N) is 2. The van der Waals surface area contributed by atoms with Gasteiger partial charge in [0.25, 0.3) is 0 Å². The molecule has 1 unspecified atom stereocenters. The number of tetrazole rings is 1. The molecule has 0 aliphatic rings. The van der Waals surface area contributed by atoms with E-state index in [1.807, 2.05) is 6.07 Å². The third-order valence-electron chi connectivity index (χ3n) is 2.46. The van der Waals surface area contributed by atoms with Gasteiger partial charge < -0.3 is 0 Å². The molecule has 2 aromatic rings. The number of rotatable bonds is 6. The number of nitrogens with zero attached hydrogens (tertiary/aromatic N) is 4. The lowest BCUT2D eigenvalue weighted by Crippen LogP contribution is -2.30. The number of sulfonamides is 1. The fourth-order valence-electron chi connectivity index (χ4n) is 1.52. The van der Waals surface area contributed by atoms with Crippen molar-refractivity contribution in [2.75, 3.05) is 5.75 Å². The van der Waals surface area contributed by atoms with Crippen LogP contribution in [0, 0.1) is 0 Å². The standard InChI is InChI=1S/C10H14N6O2S/c1-8(10-12-15-16-13-10)14-19(17,18)7-5-9-4-2-3-6-11-9/h2-4,6,8,14H,5,7H2,1H3,(H,12,13,15,16). The number of aryl methyl sites for hydroxylation is 1. The molecule has 0 saturated carbocycles. The van der Waals surface area contributed by atoms with Gasteiger partial charge in [-0.15, -0.1) is 10.2 Å². The van der Waals surface area contributed by atoms with E-state index in [1.54, 1.807) is 25.3 Å². The van der Waals surface area contributed by atoms with Gasteiger partial charge in [-0.3, -0.25) is 4.98 Å². The minimum absolute atomic E-state index is 0.0355. The van der Waals surface area contributed by atoms with Gasteiger partial charge >= 0.3 is 0 Å².